The van der Waals surface area contributed by atoms with E-state index in [0.29, 0.717) is 6.42 Å². The maximum absolute atomic E-state index is 13.7. The highest BCUT2D eigenvalue weighted by atomic mass is 32.1. The minimum absolute atomic E-state index is 0.0970. The minimum Gasteiger partial charge on any atom is -0.494 e. The maximum atomic E-state index is 13.7. The summed E-state index contributed by atoms with van der Waals surface area (Å²) in [6.07, 6.45) is 0.748. The molecule has 0 unspecified atom stereocenters. The number of ether oxygens (including phenoxy) is 1. The van der Waals surface area contributed by atoms with E-state index in [-0.39, 0.29) is 18.1 Å². The summed E-state index contributed by atoms with van der Waals surface area (Å²) in [4.78, 5) is 13.4. The van der Waals surface area contributed by atoms with Crippen molar-refractivity contribution in [2.45, 2.75) is 12.8 Å². The van der Waals surface area contributed by atoms with Crippen molar-refractivity contribution in [1.29, 1.82) is 0 Å². The molecular formula is C20H18FNO2S. The molecule has 0 aliphatic carbocycles. The standard InChI is InChI=1S/C20H18FNO2S/c1-24-18-10-8-14(13-16(18)21)9-11-20(23)22-17-6-3-2-5-15(17)19-7-4-12-25-19/h2-8,10,12-13H,9,11H2,1H3,(H,22,23). The van der Waals surface area contributed by atoms with Gasteiger partial charge in [-0.3, -0.25) is 4.79 Å². The van der Waals surface area contributed by atoms with Gasteiger partial charge in [-0.2, -0.15) is 0 Å². The van der Waals surface area contributed by atoms with E-state index in [9.17, 15) is 9.18 Å². The first-order valence-electron chi connectivity index (χ1n) is 7.92. The molecule has 0 aliphatic rings. The Labute approximate surface area is 150 Å². The summed E-state index contributed by atoms with van der Waals surface area (Å²) in [6, 6.07) is 16.5. The summed E-state index contributed by atoms with van der Waals surface area (Å²) in [7, 11) is 1.43. The van der Waals surface area contributed by atoms with Crippen molar-refractivity contribution in [1.82, 2.24) is 0 Å². The Morgan fingerprint density at radius 3 is 2.72 bits per heavy atom. The molecule has 0 atom stereocenters. The Hall–Kier alpha value is -2.66. The fourth-order valence-electron chi connectivity index (χ4n) is 2.57. The van der Waals surface area contributed by atoms with Crippen LogP contribution in [0.15, 0.2) is 60.0 Å². The van der Waals surface area contributed by atoms with Crippen LogP contribution in [0.1, 0.15) is 12.0 Å². The van der Waals surface area contributed by atoms with Crippen LogP contribution in [0.3, 0.4) is 0 Å². The number of carbonyl (C=O) groups is 1. The molecule has 3 aromatic rings. The van der Waals surface area contributed by atoms with Crippen molar-refractivity contribution in [3.8, 4) is 16.2 Å². The highest BCUT2D eigenvalue weighted by Crippen LogP contribution is 2.31. The van der Waals surface area contributed by atoms with Crippen LogP contribution in [0.25, 0.3) is 10.4 Å². The second-order valence-corrected chi connectivity index (χ2v) is 6.49. The zero-order valence-corrected chi connectivity index (χ0v) is 14.6. The van der Waals surface area contributed by atoms with Gasteiger partial charge in [0.15, 0.2) is 11.6 Å². The number of para-hydroxylation sites is 1. The molecule has 5 heteroatoms. The van der Waals surface area contributed by atoms with E-state index in [1.54, 1.807) is 23.5 Å². The maximum Gasteiger partial charge on any atom is 0.224 e. The lowest BCUT2D eigenvalue weighted by atomic mass is 10.1. The lowest BCUT2D eigenvalue weighted by molar-refractivity contribution is -0.116. The van der Waals surface area contributed by atoms with Crippen LogP contribution >= 0.6 is 11.3 Å². The smallest absolute Gasteiger partial charge is 0.224 e. The van der Waals surface area contributed by atoms with Gasteiger partial charge in [0.1, 0.15) is 0 Å². The first-order valence-corrected chi connectivity index (χ1v) is 8.80. The molecule has 0 radical (unpaired) electrons. The van der Waals surface area contributed by atoms with Gasteiger partial charge in [-0.1, -0.05) is 30.3 Å². The van der Waals surface area contributed by atoms with Gasteiger partial charge in [-0.15, -0.1) is 11.3 Å². The van der Waals surface area contributed by atoms with Crippen molar-refractivity contribution in [3.05, 3.63) is 71.4 Å². The van der Waals surface area contributed by atoms with E-state index < -0.39 is 5.82 Å². The molecule has 0 spiro atoms. The number of hydrogen-bond donors (Lipinski definition) is 1. The van der Waals surface area contributed by atoms with E-state index >= 15 is 0 Å². The normalized spacial score (nSPS) is 10.5. The highest BCUT2D eigenvalue weighted by Gasteiger charge is 2.10. The lowest BCUT2D eigenvalue weighted by Gasteiger charge is -2.10. The van der Waals surface area contributed by atoms with E-state index in [1.807, 2.05) is 41.8 Å². The molecule has 0 saturated carbocycles. The van der Waals surface area contributed by atoms with Crippen molar-refractivity contribution in [2.24, 2.45) is 0 Å². The third-order valence-electron chi connectivity index (χ3n) is 3.84. The predicted octanol–water partition coefficient (Wildman–Crippen LogP) is 5.13. The summed E-state index contributed by atoms with van der Waals surface area (Å²) in [6.45, 7) is 0. The molecule has 25 heavy (non-hydrogen) atoms. The van der Waals surface area contributed by atoms with Gasteiger partial charge in [0.2, 0.25) is 5.91 Å². The second-order valence-electron chi connectivity index (χ2n) is 5.54. The minimum atomic E-state index is -0.413. The Morgan fingerprint density at radius 1 is 1.16 bits per heavy atom. The third kappa shape index (κ3) is 4.25. The number of thiophene rings is 1. The molecule has 0 bridgehead atoms. The summed E-state index contributed by atoms with van der Waals surface area (Å²) >= 11 is 1.63. The van der Waals surface area contributed by atoms with Crippen LogP contribution in [-0.4, -0.2) is 13.0 Å². The average molecular weight is 355 g/mol. The Morgan fingerprint density at radius 2 is 2.00 bits per heavy atom. The highest BCUT2D eigenvalue weighted by molar-refractivity contribution is 7.13. The molecule has 0 aliphatic heterocycles. The zero-order valence-electron chi connectivity index (χ0n) is 13.8. The van der Waals surface area contributed by atoms with Crippen LogP contribution in [0, 0.1) is 5.82 Å². The summed E-state index contributed by atoms with van der Waals surface area (Å²) in [5, 5.41) is 4.96. The lowest BCUT2D eigenvalue weighted by Crippen LogP contribution is -2.13. The number of rotatable bonds is 6. The number of halogens is 1. The van der Waals surface area contributed by atoms with Crippen LogP contribution in [0.4, 0.5) is 10.1 Å². The summed E-state index contributed by atoms with van der Waals surface area (Å²) in [5.41, 5.74) is 2.55. The zero-order chi connectivity index (χ0) is 17.6. The molecule has 1 N–H and O–H groups in total. The Balaban J connectivity index is 1.65. The van der Waals surface area contributed by atoms with Crippen LogP contribution in [0.5, 0.6) is 5.75 Å². The summed E-state index contributed by atoms with van der Waals surface area (Å²) < 4.78 is 18.6. The molecule has 128 valence electrons. The topological polar surface area (TPSA) is 38.3 Å². The monoisotopic (exact) mass is 355 g/mol. The summed E-state index contributed by atoms with van der Waals surface area (Å²) in [5.74, 6) is -0.304. The Kier molecular flexibility index (Phi) is 5.46. The van der Waals surface area contributed by atoms with Crippen molar-refractivity contribution < 1.29 is 13.9 Å². The number of nitrogens with one attached hydrogen (secondary N) is 1. The number of hydrogen-bond acceptors (Lipinski definition) is 3. The molecular weight excluding hydrogens is 337 g/mol. The van der Waals surface area contributed by atoms with Gasteiger partial charge in [-0.05, 0) is 41.6 Å². The molecule has 1 aromatic heterocycles. The molecule has 2 aromatic carbocycles. The third-order valence-corrected chi connectivity index (χ3v) is 4.75. The fraction of sp³-hybridized carbons (Fsp3) is 0.150. The number of methoxy groups -OCH3 is 1. The van der Waals surface area contributed by atoms with Crippen LogP contribution < -0.4 is 10.1 Å². The number of benzene rings is 2. The average Bonchev–Trinajstić information content (AvgIpc) is 3.15. The predicted molar refractivity (Wildman–Crippen MR) is 99.7 cm³/mol. The molecule has 1 heterocycles. The van der Waals surface area contributed by atoms with E-state index in [1.165, 1.54) is 13.2 Å². The fourth-order valence-corrected chi connectivity index (χ4v) is 3.34. The number of amides is 1. The van der Waals surface area contributed by atoms with Crippen LogP contribution in [-0.2, 0) is 11.2 Å². The molecule has 3 rings (SSSR count). The van der Waals surface area contributed by atoms with Crippen molar-refractivity contribution >= 4 is 22.9 Å². The quantitative estimate of drug-likeness (QED) is 0.665. The largest absolute Gasteiger partial charge is 0.494 e. The van der Waals surface area contributed by atoms with Gasteiger partial charge < -0.3 is 10.1 Å². The number of aryl methyl sites for hydroxylation is 1. The van der Waals surface area contributed by atoms with Gasteiger partial charge in [0.05, 0.1) is 7.11 Å². The van der Waals surface area contributed by atoms with Gasteiger partial charge in [-0.25, -0.2) is 4.39 Å². The van der Waals surface area contributed by atoms with Gasteiger partial charge in [0.25, 0.3) is 0 Å². The van der Waals surface area contributed by atoms with Crippen molar-refractivity contribution in [3.63, 3.8) is 0 Å². The second kappa shape index (κ2) is 7.94. The first kappa shape index (κ1) is 17.2. The van der Waals surface area contributed by atoms with Crippen molar-refractivity contribution in [2.75, 3.05) is 12.4 Å². The van der Waals surface area contributed by atoms with E-state index in [0.717, 1.165) is 21.7 Å². The molecule has 0 fully saturated rings. The van der Waals surface area contributed by atoms with Gasteiger partial charge >= 0.3 is 0 Å². The van der Waals surface area contributed by atoms with Crippen LogP contribution in [0.2, 0.25) is 0 Å². The SMILES string of the molecule is COc1ccc(CCC(=O)Nc2ccccc2-c2cccs2)cc1F. The molecule has 0 saturated heterocycles. The first-order chi connectivity index (χ1) is 12.2. The van der Waals surface area contributed by atoms with Gasteiger partial charge in [0, 0.05) is 22.5 Å². The molecule has 3 nitrogen and oxygen atoms in total. The molecule has 1 amide bonds. The van der Waals surface area contributed by atoms with E-state index in [4.69, 9.17) is 4.74 Å². The number of anilines is 1. The van der Waals surface area contributed by atoms with E-state index in [2.05, 4.69) is 5.32 Å². The number of carbonyl (C=O) groups excluding carboxylic acids is 1. The Bertz CT molecular complexity index is 862.